The van der Waals surface area contributed by atoms with Crippen molar-refractivity contribution in [3.63, 3.8) is 0 Å². The highest BCUT2D eigenvalue weighted by molar-refractivity contribution is 6.05. The SMILES string of the molecule is NC(=O)c1nn(-c2cccc(C#C[C@@]3(O)CCOC3=O)c2)c2ccccc12.NC(=O)c1nn(-c2cccc(C#C[C@]3(O)CCOC3=O)c2)c2ccccc12. The first-order valence-electron chi connectivity index (χ1n) is 16.6. The average molecular weight is 723 g/mol. The van der Waals surface area contributed by atoms with Crippen molar-refractivity contribution < 1.29 is 38.9 Å². The van der Waals surface area contributed by atoms with Gasteiger partial charge in [0.2, 0.25) is 11.2 Å². The summed E-state index contributed by atoms with van der Waals surface area (Å²) in [5.74, 6) is 8.13. The summed E-state index contributed by atoms with van der Waals surface area (Å²) in [7, 11) is 0. The summed E-state index contributed by atoms with van der Waals surface area (Å²) < 4.78 is 12.8. The maximum atomic E-state index is 11.7. The van der Waals surface area contributed by atoms with E-state index in [1.54, 1.807) is 57.9 Å². The fourth-order valence-corrected chi connectivity index (χ4v) is 5.93. The topological polar surface area (TPSA) is 215 Å². The molecular weight excluding hydrogens is 692 g/mol. The molecule has 2 aliphatic rings. The Labute approximate surface area is 306 Å². The van der Waals surface area contributed by atoms with Crippen LogP contribution in [0.15, 0.2) is 97.1 Å². The molecule has 14 nitrogen and oxygen atoms in total. The predicted octanol–water partition coefficient (Wildman–Crippen LogP) is 2.31. The number of hydrogen-bond donors (Lipinski definition) is 4. The van der Waals surface area contributed by atoms with Gasteiger partial charge in [-0.3, -0.25) is 9.59 Å². The number of carbonyl (C=O) groups excluding carboxylic acids is 4. The third-order valence-corrected chi connectivity index (χ3v) is 8.72. The van der Waals surface area contributed by atoms with E-state index in [-0.39, 0.29) is 37.4 Å². The smallest absolute Gasteiger partial charge is 0.351 e. The van der Waals surface area contributed by atoms with Crippen molar-refractivity contribution in [2.75, 3.05) is 13.2 Å². The van der Waals surface area contributed by atoms with Gasteiger partial charge in [0, 0.05) is 34.7 Å². The van der Waals surface area contributed by atoms with Gasteiger partial charge in [-0.2, -0.15) is 10.2 Å². The zero-order chi connectivity index (χ0) is 38.0. The maximum absolute atomic E-state index is 11.7. The Morgan fingerprint density at radius 1 is 0.630 bits per heavy atom. The van der Waals surface area contributed by atoms with Gasteiger partial charge in [-0.05, 0) is 48.5 Å². The first kappa shape index (κ1) is 35.2. The molecule has 2 saturated heterocycles. The van der Waals surface area contributed by atoms with E-state index < -0.39 is 35.0 Å². The Hall–Kier alpha value is -7.26. The van der Waals surface area contributed by atoms with Crippen LogP contribution < -0.4 is 11.5 Å². The number of carbonyl (C=O) groups is 4. The molecule has 2 amide bonds. The van der Waals surface area contributed by atoms with Gasteiger partial charge < -0.3 is 31.2 Å². The lowest BCUT2D eigenvalue weighted by molar-refractivity contribution is -0.149. The van der Waals surface area contributed by atoms with Gasteiger partial charge in [0.1, 0.15) is 0 Å². The Morgan fingerprint density at radius 3 is 1.41 bits per heavy atom. The number of nitrogens with two attached hydrogens (primary N) is 2. The second-order valence-electron chi connectivity index (χ2n) is 12.4. The number of ether oxygens (including phenoxy) is 2. The largest absolute Gasteiger partial charge is 0.463 e. The number of esters is 2. The van der Waals surface area contributed by atoms with E-state index in [0.717, 1.165) is 11.0 Å². The van der Waals surface area contributed by atoms with Crippen molar-refractivity contribution in [1.29, 1.82) is 0 Å². The first-order chi connectivity index (χ1) is 26.0. The summed E-state index contributed by atoms with van der Waals surface area (Å²) >= 11 is 0. The number of fused-ring (bicyclic) bond motifs is 2. The third kappa shape index (κ3) is 6.73. The molecule has 0 saturated carbocycles. The molecular formula is C40H30N6O8. The number of primary amides is 2. The molecule has 14 heteroatoms. The molecule has 6 aromatic rings. The van der Waals surface area contributed by atoms with Crippen LogP contribution in [0, 0.1) is 23.7 Å². The summed E-state index contributed by atoms with van der Waals surface area (Å²) in [5, 5.41) is 30.4. The Bertz CT molecular complexity index is 2460. The highest BCUT2D eigenvalue weighted by Gasteiger charge is 2.42. The molecule has 0 aliphatic carbocycles. The van der Waals surface area contributed by atoms with Gasteiger partial charge in [-0.1, -0.05) is 72.2 Å². The monoisotopic (exact) mass is 722 g/mol. The summed E-state index contributed by atoms with van der Waals surface area (Å²) in [6, 6.07) is 28.7. The normalized spacial score (nSPS) is 18.8. The van der Waals surface area contributed by atoms with Crippen molar-refractivity contribution in [1.82, 2.24) is 19.6 Å². The molecule has 6 N–H and O–H groups in total. The van der Waals surface area contributed by atoms with Crippen LogP contribution in [0.3, 0.4) is 0 Å². The molecule has 4 heterocycles. The molecule has 0 spiro atoms. The van der Waals surface area contributed by atoms with Crippen molar-refractivity contribution in [2.45, 2.75) is 24.0 Å². The Morgan fingerprint density at radius 2 is 1.04 bits per heavy atom. The van der Waals surface area contributed by atoms with E-state index in [4.69, 9.17) is 20.9 Å². The van der Waals surface area contributed by atoms with E-state index in [2.05, 4.69) is 33.9 Å². The second-order valence-corrected chi connectivity index (χ2v) is 12.4. The molecule has 0 radical (unpaired) electrons. The van der Waals surface area contributed by atoms with Crippen LogP contribution in [0.25, 0.3) is 33.2 Å². The third-order valence-electron chi connectivity index (χ3n) is 8.72. The lowest BCUT2D eigenvalue weighted by Gasteiger charge is -2.08. The number of rotatable bonds is 4. The van der Waals surface area contributed by atoms with Gasteiger partial charge in [0.15, 0.2) is 11.4 Å². The fraction of sp³-hybridized carbons (Fsp3) is 0.150. The van der Waals surface area contributed by atoms with Crippen LogP contribution in [0.4, 0.5) is 0 Å². The van der Waals surface area contributed by atoms with Crippen LogP contribution in [-0.4, -0.2) is 77.9 Å². The molecule has 4 aromatic carbocycles. The molecule has 268 valence electrons. The lowest BCUT2D eigenvalue weighted by Crippen LogP contribution is -2.31. The minimum absolute atomic E-state index is 0.143. The number of cyclic esters (lactones) is 2. The standard InChI is InChI=1S/2C20H15N3O4/c2*21-18(24)17-15-6-1-2-7-16(15)23(22-17)14-5-3-4-13(12-14)8-9-20(26)10-11-27-19(20)25/h2*1-7,12,26H,10-11H2,(H2,21,24)/t2*20-/m10/s1. The molecule has 2 atom stereocenters. The number of aliphatic hydroxyl groups is 2. The molecule has 8 rings (SSSR count). The van der Waals surface area contributed by atoms with Crippen LogP contribution in [-0.2, 0) is 19.1 Å². The minimum Gasteiger partial charge on any atom is -0.463 e. The van der Waals surface area contributed by atoms with E-state index in [9.17, 15) is 29.4 Å². The van der Waals surface area contributed by atoms with Crippen LogP contribution in [0.1, 0.15) is 44.9 Å². The summed E-state index contributed by atoms with van der Waals surface area (Å²) in [6.45, 7) is 0.304. The van der Waals surface area contributed by atoms with Crippen molar-refractivity contribution in [3.8, 4) is 35.1 Å². The number of aromatic nitrogens is 4. The van der Waals surface area contributed by atoms with E-state index in [1.807, 2.05) is 48.5 Å². The molecule has 2 aromatic heterocycles. The van der Waals surface area contributed by atoms with E-state index in [1.165, 1.54) is 0 Å². The zero-order valence-corrected chi connectivity index (χ0v) is 28.4. The Balaban J connectivity index is 0.000000167. The molecule has 0 bridgehead atoms. The summed E-state index contributed by atoms with van der Waals surface area (Å²) in [6.07, 6.45) is 0.286. The quantitative estimate of drug-likeness (QED) is 0.154. The number of para-hydroxylation sites is 2. The average Bonchev–Trinajstić information content (AvgIpc) is 3.94. The highest BCUT2D eigenvalue weighted by Crippen LogP contribution is 2.25. The Kier molecular flexibility index (Phi) is 9.14. The highest BCUT2D eigenvalue weighted by atomic mass is 16.6. The molecule has 2 aliphatic heterocycles. The van der Waals surface area contributed by atoms with Gasteiger partial charge in [-0.15, -0.1) is 0 Å². The van der Waals surface area contributed by atoms with Gasteiger partial charge in [0.05, 0.1) is 35.6 Å². The second kappa shape index (κ2) is 14.0. The number of nitrogens with zero attached hydrogens (tertiary/aromatic N) is 4. The first-order valence-corrected chi connectivity index (χ1v) is 16.6. The lowest BCUT2D eigenvalue weighted by atomic mass is 10.0. The van der Waals surface area contributed by atoms with Crippen molar-refractivity contribution >= 4 is 45.6 Å². The fourth-order valence-electron chi connectivity index (χ4n) is 5.93. The van der Waals surface area contributed by atoms with Crippen molar-refractivity contribution in [3.05, 3.63) is 120 Å². The van der Waals surface area contributed by atoms with Crippen molar-refractivity contribution in [2.24, 2.45) is 11.5 Å². The van der Waals surface area contributed by atoms with Gasteiger partial charge in [-0.25, -0.2) is 19.0 Å². The molecule has 2 fully saturated rings. The number of amides is 2. The maximum Gasteiger partial charge on any atom is 0.351 e. The molecule has 54 heavy (non-hydrogen) atoms. The summed E-state index contributed by atoms with van der Waals surface area (Å²) in [4.78, 5) is 46.6. The predicted molar refractivity (Wildman–Crippen MR) is 194 cm³/mol. The number of benzene rings is 4. The van der Waals surface area contributed by atoms with Crippen LogP contribution >= 0.6 is 0 Å². The van der Waals surface area contributed by atoms with Gasteiger partial charge >= 0.3 is 11.9 Å². The van der Waals surface area contributed by atoms with Crippen LogP contribution in [0.5, 0.6) is 0 Å². The van der Waals surface area contributed by atoms with E-state index in [0.29, 0.717) is 33.3 Å². The minimum atomic E-state index is -1.77. The van der Waals surface area contributed by atoms with Gasteiger partial charge in [0.25, 0.3) is 11.8 Å². The molecule has 0 unspecified atom stereocenters. The number of hydrogen-bond acceptors (Lipinski definition) is 10. The zero-order valence-electron chi connectivity index (χ0n) is 28.4. The summed E-state index contributed by atoms with van der Waals surface area (Å²) in [5.41, 5.74) is 11.7. The van der Waals surface area contributed by atoms with E-state index >= 15 is 0 Å². The van der Waals surface area contributed by atoms with Crippen LogP contribution in [0.2, 0.25) is 0 Å².